The van der Waals surface area contributed by atoms with Crippen LogP contribution in [0.4, 0.5) is 5.69 Å². The minimum atomic E-state index is -0.165. The fourth-order valence-electron chi connectivity index (χ4n) is 3.58. The Morgan fingerprint density at radius 2 is 1.87 bits per heavy atom. The Labute approximate surface area is 188 Å². The summed E-state index contributed by atoms with van der Waals surface area (Å²) in [6.45, 7) is 4.97. The first-order valence-corrected chi connectivity index (χ1v) is 11.0. The molecule has 0 aliphatic carbocycles. The van der Waals surface area contributed by atoms with Crippen LogP contribution in [0.15, 0.2) is 47.6 Å². The van der Waals surface area contributed by atoms with Crippen molar-refractivity contribution in [3.63, 3.8) is 0 Å². The molecule has 30 heavy (non-hydrogen) atoms. The van der Waals surface area contributed by atoms with Gasteiger partial charge in [0, 0.05) is 30.1 Å². The highest BCUT2D eigenvalue weighted by atomic mass is 35.5. The molecule has 1 atom stereocenters. The number of nitrogens with one attached hydrogen (secondary N) is 1. The average Bonchev–Trinajstić information content (AvgIpc) is 3.14. The van der Waals surface area contributed by atoms with Crippen molar-refractivity contribution >= 4 is 40.5 Å². The van der Waals surface area contributed by atoms with Crippen LogP contribution in [0, 0.1) is 6.92 Å². The van der Waals surface area contributed by atoms with E-state index in [4.69, 9.17) is 28.3 Å². The second-order valence-corrected chi connectivity index (χ2v) is 8.54. The van der Waals surface area contributed by atoms with E-state index in [1.807, 2.05) is 66.5 Å². The van der Waals surface area contributed by atoms with Gasteiger partial charge in [-0.3, -0.25) is 15.2 Å². The maximum absolute atomic E-state index is 12.9. The van der Waals surface area contributed by atoms with Crippen molar-refractivity contribution in [2.45, 2.75) is 45.6 Å². The van der Waals surface area contributed by atoms with E-state index >= 15 is 0 Å². The standard InChI is InChI=1S/C23H28Cl2N4O/c1-4-5-6-13-28(3)27-23(30)20-15-22(17-7-9-18(24)10-8-17)29(26-20)21-12-11-19(25)14-16(21)2/h7-12,14,22H,4-6,13,15H2,1-3H3,(H,27,30). The third kappa shape index (κ3) is 5.54. The SMILES string of the molecule is CCCCCN(C)NC(=O)C1=NN(c2ccc(Cl)cc2C)C(c2ccc(Cl)cc2)C1. The number of unbranched alkanes of at least 4 members (excludes halogenated alkanes) is 2. The third-order valence-electron chi connectivity index (χ3n) is 5.22. The van der Waals surface area contributed by atoms with Crippen molar-refractivity contribution in [2.75, 3.05) is 18.6 Å². The van der Waals surface area contributed by atoms with Crippen molar-refractivity contribution in [1.82, 2.24) is 10.4 Å². The Kier molecular flexibility index (Phi) is 7.75. The zero-order valence-electron chi connectivity index (χ0n) is 17.7. The molecule has 1 unspecified atom stereocenters. The summed E-state index contributed by atoms with van der Waals surface area (Å²) in [7, 11) is 1.89. The molecule has 0 spiro atoms. The highest BCUT2D eigenvalue weighted by Gasteiger charge is 2.33. The number of carbonyl (C=O) groups excluding carboxylic acids is 1. The zero-order valence-corrected chi connectivity index (χ0v) is 19.2. The van der Waals surface area contributed by atoms with Crippen LogP contribution in [0.5, 0.6) is 0 Å². The Morgan fingerprint density at radius 3 is 2.53 bits per heavy atom. The normalized spacial score (nSPS) is 16.1. The van der Waals surface area contributed by atoms with Gasteiger partial charge in [-0.05, 0) is 54.8 Å². The number of amides is 1. The van der Waals surface area contributed by atoms with Gasteiger partial charge in [0.25, 0.3) is 5.91 Å². The predicted octanol–water partition coefficient (Wildman–Crippen LogP) is 5.76. The Morgan fingerprint density at radius 1 is 1.17 bits per heavy atom. The molecule has 1 aliphatic heterocycles. The second-order valence-electron chi connectivity index (χ2n) is 7.66. The molecule has 0 saturated heterocycles. The average molecular weight is 447 g/mol. The second kappa shape index (κ2) is 10.3. The van der Waals surface area contributed by atoms with E-state index in [0.717, 1.165) is 42.6 Å². The highest BCUT2D eigenvalue weighted by Crippen LogP contribution is 2.37. The Balaban J connectivity index is 1.84. The Bertz CT molecular complexity index is 914. The number of anilines is 1. The summed E-state index contributed by atoms with van der Waals surface area (Å²) in [5.41, 5.74) is 6.44. The van der Waals surface area contributed by atoms with Gasteiger partial charge < -0.3 is 0 Å². The van der Waals surface area contributed by atoms with Crippen molar-refractivity contribution in [3.05, 3.63) is 63.6 Å². The number of halogens is 2. The van der Waals surface area contributed by atoms with E-state index in [0.29, 0.717) is 22.2 Å². The zero-order chi connectivity index (χ0) is 21.7. The molecule has 5 nitrogen and oxygen atoms in total. The highest BCUT2D eigenvalue weighted by molar-refractivity contribution is 6.39. The number of carbonyl (C=O) groups is 1. The number of rotatable bonds is 8. The summed E-state index contributed by atoms with van der Waals surface area (Å²) in [6, 6.07) is 13.3. The van der Waals surface area contributed by atoms with Crippen LogP contribution in [0.3, 0.4) is 0 Å². The van der Waals surface area contributed by atoms with Gasteiger partial charge in [-0.15, -0.1) is 0 Å². The van der Waals surface area contributed by atoms with Crippen LogP contribution in [0.2, 0.25) is 10.0 Å². The van der Waals surface area contributed by atoms with E-state index in [9.17, 15) is 4.79 Å². The van der Waals surface area contributed by atoms with E-state index in [1.165, 1.54) is 0 Å². The molecule has 7 heteroatoms. The first-order chi connectivity index (χ1) is 14.4. The van der Waals surface area contributed by atoms with E-state index in [-0.39, 0.29) is 11.9 Å². The first-order valence-electron chi connectivity index (χ1n) is 10.3. The van der Waals surface area contributed by atoms with Gasteiger partial charge in [-0.1, -0.05) is 55.1 Å². The van der Waals surface area contributed by atoms with Crippen LogP contribution >= 0.6 is 23.2 Å². The maximum atomic E-state index is 12.9. The van der Waals surface area contributed by atoms with Gasteiger partial charge in [0.1, 0.15) is 5.71 Å². The summed E-state index contributed by atoms with van der Waals surface area (Å²) in [5.74, 6) is -0.165. The largest absolute Gasteiger partial charge is 0.284 e. The Hall–Kier alpha value is -2.08. The number of hydrazone groups is 1. The molecule has 1 heterocycles. The minimum Gasteiger partial charge on any atom is -0.284 e. The van der Waals surface area contributed by atoms with Crippen LogP contribution in [-0.4, -0.2) is 30.2 Å². The molecule has 2 aromatic carbocycles. The van der Waals surface area contributed by atoms with Gasteiger partial charge in [0.2, 0.25) is 0 Å². The molecule has 2 aromatic rings. The molecule has 1 amide bonds. The van der Waals surface area contributed by atoms with Crippen LogP contribution < -0.4 is 10.4 Å². The lowest BCUT2D eigenvalue weighted by atomic mass is 10.0. The number of hydrazine groups is 1. The molecule has 0 radical (unpaired) electrons. The monoisotopic (exact) mass is 446 g/mol. The van der Waals surface area contributed by atoms with Gasteiger partial charge >= 0.3 is 0 Å². The maximum Gasteiger partial charge on any atom is 0.281 e. The molecular weight excluding hydrogens is 419 g/mol. The third-order valence-corrected chi connectivity index (χ3v) is 5.71. The quantitative estimate of drug-likeness (QED) is 0.413. The molecule has 160 valence electrons. The molecule has 1 aliphatic rings. The molecule has 0 aromatic heterocycles. The van der Waals surface area contributed by atoms with Crippen molar-refractivity contribution in [3.8, 4) is 0 Å². The molecule has 1 N–H and O–H groups in total. The van der Waals surface area contributed by atoms with Crippen molar-refractivity contribution in [1.29, 1.82) is 0 Å². The summed E-state index contributed by atoms with van der Waals surface area (Å²) in [5, 5.41) is 9.83. The van der Waals surface area contributed by atoms with Crippen molar-refractivity contribution in [2.24, 2.45) is 5.10 Å². The molecule has 0 bridgehead atoms. The van der Waals surface area contributed by atoms with E-state index in [1.54, 1.807) is 0 Å². The number of nitrogens with zero attached hydrogens (tertiary/aromatic N) is 3. The lowest BCUT2D eigenvalue weighted by molar-refractivity contribution is -0.118. The molecule has 3 rings (SSSR count). The summed E-state index contributed by atoms with van der Waals surface area (Å²) < 4.78 is 0. The van der Waals surface area contributed by atoms with Crippen LogP contribution in [0.25, 0.3) is 0 Å². The smallest absolute Gasteiger partial charge is 0.281 e. The fourth-order valence-corrected chi connectivity index (χ4v) is 3.94. The fraction of sp³-hybridized carbons (Fsp3) is 0.391. The minimum absolute atomic E-state index is 0.0895. The van der Waals surface area contributed by atoms with E-state index < -0.39 is 0 Å². The number of benzene rings is 2. The lowest BCUT2D eigenvalue weighted by Gasteiger charge is -2.25. The van der Waals surface area contributed by atoms with Gasteiger partial charge in [-0.25, -0.2) is 5.01 Å². The molecule has 0 saturated carbocycles. The molecular formula is C23H28Cl2N4O. The summed E-state index contributed by atoms with van der Waals surface area (Å²) in [4.78, 5) is 12.9. The lowest BCUT2D eigenvalue weighted by Crippen LogP contribution is -2.43. The van der Waals surface area contributed by atoms with Crippen LogP contribution in [-0.2, 0) is 4.79 Å². The first kappa shape index (κ1) is 22.6. The van der Waals surface area contributed by atoms with Gasteiger partial charge in [0.15, 0.2) is 0 Å². The number of aryl methyl sites for hydroxylation is 1. The van der Waals surface area contributed by atoms with Gasteiger partial charge in [-0.2, -0.15) is 5.10 Å². The number of hydrogen-bond donors (Lipinski definition) is 1. The topological polar surface area (TPSA) is 47.9 Å². The molecule has 0 fully saturated rings. The summed E-state index contributed by atoms with van der Waals surface area (Å²) in [6.07, 6.45) is 3.84. The van der Waals surface area contributed by atoms with Crippen molar-refractivity contribution < 1.29 is 4.79 Å². The van der Waals surface area contributed by atoms with Gasteiger partial charge in [0.05, 0.1) is 11.7 Å². The predicted molar refractivity (Wildman–Crippen MR) is 125 cm³/mol. The van der Waals surface area contributed by atoms with Crippen LogP contribution in [0.1, 0.15) is 49.8 Å². The van der Waals surface area contributed by atoms with E-state index in [2.05, 4.69) is 12.3 Å². The number of hydrogen-bond acceptors (Lipinski definition) is 4. The summed E-state index contributed by atoms with van der Waals surface area (Å²) >= 11 is 12.2.